The van der Waals surface area contributed by atoms with Crippen LogP contribution in [0.25, 0.3) is 0 Å². The van der Waals surface area contributed by atoms with Crippen molar-refractivity contribution in [1.82, 2.24) is 0 Å². The van der Waals surface area contributed by atoms with E-state index in [0.29, 0.717) is 44.1 Å². The molecule has 4 N–H and O–H groups in total. The van der Waals surface area contributed by atoms with Crippen LogP contribution in [0.4, 0.5) is 0 Å². The molecule has 0 heterocycles. The second-order valence-electron chi connectivity index (χ2n) is 4.32. The first kappa shape index (κ1) is 17.6. The zero-order valence-corrected chi connectivity index (χ0v) is 11.0. The van der Waals surface area contributed by atoms with Crippen LogP contribution in [0.15, 0.2) is 11.1 Å². The molecule has 0 saturated carbocycles. The first-order valence-electron chi connectivity index (χ1n) is 6.40. The molecule has 0 unspecified atom stereocenters. The SMILES string of the molecule is O=C(O)CC(C(=O)O)=C(CCCCO)CCCCO. The molecule has 0 atom stereocenters. The lowest BCUT2D eigenvalue weighted by Gasteiger charge is -2.11. The van der Waals surface area contributed by atoms with E-state index in [1.165, 1.54) is 0 Å². The predicted molar refractivity (Wildman–Crippen MR) is 68.8 cm³/mol. The van der Waals surface area contributed by atoms with Gasteiger partial charge in [0, 0.05) is 18.8 Å². The largest absolute Gasteiger partial charge is 0.481 e. The van der Waals surface area contributed by atoms with Crippen LogP contribution < -0.4 is 0 Å². The number of hydrogen-bond donors (Lipinski definition) is 4. The highest BCUT2D eigenvalue weighted by atomic mass is 16.4. The molecule has 0 rings (SSSR count). The second-order valence-corrected chi connectivity index (χ2v) is 4.32. The zero-order valence-electron chi connectivity index (χ0n) is 11.0. The lowest BCUT2D eigenvalue weighted by molar-refractivity contribution is -0.139. The van der Waals surface area contributed by atoms with Gasteiger partial charge in [0.2, 0.25) is 0 Å². The van der Waals surface area contributed by atoms with Crippen molar-refractivity contribution in [2.45, 2.75) is 44.9 Å². The van der Waals surface area contributed by atoms with Gasteiger partial charge in [-0.25, -0.2) is 4.79 Å². The monoisotopic (exact) mass is 274 g/mol. The van der Waals surface area contributed by atoms with Crippen LogP contribution in [-0.2, 0) is 9.59 Å². The summed E-state index contributed by atoms with van der Waals surface area (Å²) in [6, 6.07) is 0. The van der Waals surface area contributed by atoms with E-state index in [-0.39, 0.29) is 18.8 Å². The van der Waals surface area contributed by atoms with Crippen LogP contribution >= 0.6 is 0 Å². The Balaban J connectivity index is 4.85. The van der Waals surface area contributed by atoms with Crippen LogP contribution in [-0.4, -0.2) is 45.6 Å². The molecule has 0 amide bonds. The molecule has 0 radical (unpaired) electrons. The highest BCUT2D eigenvalue weighted by Crippen LogP contribution is 2.22. The van der Waals surface area contributed by atoms with Crippen molar-refractivity contribution >= 4 is 11.9 Å². The van der Waals surface area contributed by atoms with Crippen LogP contribution in [0, 0.1) is 0 Å². The van der Waals surface area contributed by atoms with Crippen molar-refractivity contribution < 1.29 is 30.0 Å². The summed E-state index contributed by atoms with van der Waals surface area (Å²) in [7, 11) is 0. The van der Waals surface area contributed by atoms with Gasteiger partial charge in [0.05, 0.1) is 6.42 Å². The summed E-state index contributed by atoms with van der Waals surface area (Å²) in [4.78, 5) is 21.8. The molecule has 0 aromatic heterocycles. The molecule has 19 heavy (non-hydrogen) atoms. The molecule has 6 nitrogen and oxygen atoms in total. The summed E-state index contributed by atoms with van der Waals surface area (Å²) < 4.78 is 0. The zero-order chi connectivity index (χ0) is 14.7. The summed E-state index contributed by atoms with van der Waals surface area (Å²) in [6.45, 7) is 0.0660. The van der Waals surface area contributed by atoms with Gasteiger partial charge in [-0.05, 0) is 38.5 Å². The van der Waals surface area contributed by atoms with E-state index >= 15 is 0 Å². The smallest absolute Gasteiger partial charge is 0.332 e. The Hall–Kier alpha value is -1.40. The molecule has 0 aliphatic carbocycles. The molecule has 110 valence electrons. The predicted octanol–water partition coefficient (Wildman–Crippen LogP) is 1.17. The Morgan fingerprint density at radius 3 is 1.58 bits per heavy atom. The van der Waals surface area contributed by atoms with Crippen LogP contribution in [0.1, 0.15) is 44.9 Å². The number of carbonyl (C=O) groups is 2. The number of aliphatic carboxylic acids is 2. The van der Waals surface area contributed by atoms with Crippen molar-refractivity contribution in [2.24, 2.45) is 0 Å². The molecule has 0 bridgehead atoms. The Morgan fingerprint density at radius 2 is 1.26 bits per heavy atom. The number of aliphatic hydroxyl groups excluding tert-OH is 2. The molecule has 0 saturated heterocycles. The lowest BCUT2D eigenvalue weighted by Crippen LogP contribution is -2.10. The van der Waals surface area contributed by atoms with Gasteiger partial charge in [-0.3, -0.25) is 4.79 Å². The maximum absolute atomic E-state index is 11.1. The van der Waals surface area contributed by atoms with E-state index in [4.69, 9.17) is 20.4 Å². The summed E-state index contributed by atoms with van der Waals surface area (Å²) in [5.41, 5.74) is 0.542. The molecular formula is C13H22O6. The normalized spacial score (nSPS) is 10.2. The van der Waals surface area contributed by atoms with Gasteiger partial charge in [-0.1, -0.05) is 5.57 Å². The Morgan fingerprint density at radius 1 is 0.789 bits per heavy atom. The van der Waals surface area contributed by atoms with Crippen molar-refractivity contribution in [1.29, 1.82) is 0 Å². The van der Waals surface area contributed by atoms with Crippen LogP contribution in [0.3, 0.4) is 0 Å². The van der Waals surface area contributed by atoms with E-state index < -0.39 is 18.4 Å². The molecule has 6 heteroatoms. The molecular weight excluding hydrogens is 252 g/mol. The van der Waals surface area contributed by atoms with Gasteiger partial charge in [-0.15, -0.1) is 0 Å². The molecule has 0 spiro atoms. The van der Waals surface area contributed by atoms with Crippen molar-refractivity contribution in [3.05, 3.63) is 11.1 Å². The Kier molecular flexibility index (Phi) is 9.74. The van der Waals surface area contributed by atoms with Crippen LogP contribution in [0.5, 0.6) is 0 Å². The van der Waals surface area contributed by atoms with Gasteiger partial charge in [0.1, 0.15) is 0 Å². The standard InChI is InChI=1S/C13H22O6/c14-7-3-1-5-10(6-2-4-8-15)11(13(18)19)9-12(16)17/h14-15H,1-9H2,(H,16,17)(H,18,19). The number of aliphatic hydroxyl groups is 2. The first-order valence-corrected chi connectivity index (χ1v) is 6.40. The lowest BCUT2D eigenvalue weighted by atomic mass is 9.95. The summed E-state index contributed by atoms with van der Waals surface area (Å²) in [5, 5.41) is 35.3. The van der Waals surface area contributed by atoms with E-state index in [1.54, 1.807) is 0 Å². The van der Waals surface area contributed by atoms with Gasteiger partial charge in [0.15, 0.2) is 0 Å². The van der Waals surface area contributed by atoms with Gasteiger partial charge in [-0.2, -0.15) is 0 Å². The number of carboxylic acids is 2. The third-order valence-electron chi connectivity index (χ3n) is 2.79. The minimum absolute atomic E-state index is 0.0330. The fourth-order valence-corrected chi connectivity index (χ4v) is 1.83. The maximum atomic E-state index is 11.1. The second kappa shape index (κ2) is 10.5. The van der Waals surface area contributed by atoms with Crippen LogP contribution in [0.2, 0.25) is 0 Å². The third kappa shape index (κ3) is 8.34. The molecule has 0 aromatic carbocycles. The molecule has 0 aromatic rings. The van der Waals surface area contributed by atoms with E-state index in [9.17, 15) is 9.59 Å². The van der Waals surface area contributed by atoms with Gasteiger partial charge < -0.3 is 20.4 Å². The van der Waals surface area contributed by atoms with E-state index in [1.807, 2.05) is 0 Å². The summed E-state index contributed by atoms with van der Waals surface area (Å²) in [5.74, 6) is -2.37. The summed E-state index contributed by atoms with van der Waals surface area (Å²) >= 11 is 0. The van der Waals surface area contributed by atoms with Crippen molar-refractivity contribution in [3.8, 4) is 0 Å². The average molecular weight is 274 g/mol. The highest BCUT2D eigenvalue weighted by Gasteiger charge is 2.17. The first-order chi connectivity index (χ1) is 9.02. The Bertz CT molecular complexity index is 309. The van der Waals surface area contributed by atoms with Gasteiger partial charge in [0.25, 0.3) is 0 Å². The fraction of sp³-hybridized carbons (Fsp3) is 0.692. The molecule has 0 aliphatic heterocycles. The number of unbranched alkanes of at least 4 members (excludes halogenated alkanes) is 2. The number of allylic oxidation sites excluding steroid dienone is 1. The fourth-order valence-electron chi connectivity index (χ4n) is 1.83. The quantitative estimate of drug-likeness (QED) is 0.332. The Labute approximate surface area is 112 Å². The molecule has 0 fully saturated rings. The third-order valence-corrected chi connectivity index (χ3v) is 2.79. The average Bonchev–Trinajstić information content (AvgIpc) is 2.34. The van der Waals surface area contributed by atoms with Crippen molar-refractivity contribution in [2.75, 3.05) is 13.2 Å². The minimum Gasteiger partial charge on any atom is -0.481 e. The number of rotatable bonds is 11. The van der Waals surface area contributed by atoms with E-state index in [0.717, 1.165) is 0 Å². The minimum atomic E-state index is -1.20. The van der Waals surface area contributed by atoms with E-state index in [2.05, 4.69) is 0 Å². The highest BCUT2D eigenvalue weighted by molar-refractivity contribution is 5.92. The van der Waals surface area contributed by atoms with Gasteiger partial charge >= 0.3 is 11.9 Å². The molecule has 0 aliphatic rings. The number of hydrogen-bond acceptors (Lipinski definition) is 4. The maximum Gasteiger partial charge on any atom is 0.332 e. The topological polar surface area (TPSA) is 115 Å². The number of carboxylic acid groups (broad SMARTS) is 2. The van der Waals surface area contributed by atoms with Crippen molar-refractivity contribution in [3.63, 3.8) is 0 Å². The summed E-state index contributed by atoms with van der Waals surface area (Å²) in [6.07, 6.45) is 2.82.